The van der Waals surface area contributed by atoms with Crippen LogP contribution < -0.4 is 9.80 Å². The molecule has 2 amide bonds. The Labute approximate surface area is 179 Å². The van der Waals surface area contributed by atoms with Crippen LogP contribution >= 0.6 is 0 Å². The van der Waals surface area contributed by atoms with Gasteiger partial charge in [0.15, 0.2) is 0 Å². The molecule has 1 fully saturated rings. The van der Waals surface area contributed by atoms with Crippen molar-refractivity contribution in [3.05, 3.63) is 58.7 Å². The van der Waals surface area contributed by atoms with E-state index >= 15 is 0 Å². The fraction of sp³-hybridized carbons (Fsp3) is 0.440. The molecule has 0 atom stereocenters. The minimum atomic E-state index is -0.594. The standard InChI is InChI=1S/C25H31N3O2/c1-17-7-9-21-20(14-17)25(4,5)24(30)28(21)16-23(29)27-12-10-26(11-13-27)22-15-18(2)6-8-19(22)3/h6-9,14-15H,10-13,16H2,1-5H3. The fourth-order valence-corrected chi connectivity index (χ4v) is 4.60. The Kier molecular flexibility index (Phi) is 5.08. The zero-order valence-electron chi connectivity index (χ0n) is 18.7. The van der Waals surface area contributed by atoms with Crippen LogP contribution in [-0.2, 0) is 15.0 Å². The van der Waals surface area contributed by atoms with Gasteiger partial charge in [0.05, 0.1) is 5.41 Å². The summed E-state index contributed by atoms with van der Waals surface area (Å²) in [4.78, 5) is 32.1. The first-order valence-corrected chi connectivity index (χ1v) is 10.7. The fourth-order valence-electron chi connectivity index (χ4n) is 4.60. The average Bonchev–Trinajstić information content (AvgIpc) is 2.90. The maximum atomic E-state index is 13.1. The van der Waals surface area contributed by atoms with Crippen LogP contribution in [0, 0.1) is 20.8 Å². The number of anilines is 2. The molecule has 2 heterocycles. The Bertz CT molecular complexity index is 1000. The van der Waals surface area contributed by atoms with Gasteiger partial charge in [0.25, 0.3) is 0 Å². The first-order chi connectivity index (χ1) is 14.2. The second-order valence-corrected chi connectivity index (χ2v) is 9.19. The molecule has 0 aliphatic carbocycles. The Morgan fingerprint density at radius 2 is 1.53 bits per heavy atom. The molecule has 0 unspecified atom stereocenters. The topological polar surface area (TPSA) is 43.9 Å². The third-order valence-corrected chi connectivity index (χ3v) is 6.53. The summed E-state index contributed by atoms with van der Waals surface area (Å²) in [6.45, 7) is 13.3. The van der Waals surface area contributed by atoms with Gasteiger partial charge in [-0.1, -0.05) is 29.8 Å². The van der Waals surface area contributed by atoms with E-state index in [1.165, 1.54) is 16.8 Å². The summed E-state index contributed by atoms with van der Waals surface area (Å²) in [5.74, 6) is 0.0265. The largest absolute Gasteiger partial charge is 0.368 e. The summed E-state index contributed by atoms with van der Waals surface area (Å²) in [6.07, 6.45) is 0. The molecular formula is C25H31N3O2. The maximum absolute atomic E-state index is 13.1. The molecule has 4 rings (SSSR count). The molecule has 5 heteroatoms. The number of carbonyl (C=O) groups is 2. The number of rotatable bonds is 3. The molecule has 0 radical (unpaired) electrons. The number of piperazine rings is 1. The highest BCUT2D eigenvalue weighted by Gasteiger charge is 2.44. The number of carbonyl (C=O) groups excluding carboxylic acids is 2. The lowest BCUT2D eigenvalue weighted by Crippen LogP contribution is -2.52. The van der Waals surface area contributed by atoms with Crippen molar-refractivity contribution >= 4 is 23.2 Å². The van der Waals surface area contributed by atoms with E-state index in [9.17, 15) is 9.59 Å². The minimum absolute atomic E-state index is 0.00507. The molecule has 0 N–H and O–H groups in total. The summed E-state index contributed by atoms with van der Waals surface area (Å²) < 4.78 is 0. The van der Waals surface area contributed by atoms with Gasteiger partial charge in [-0.2, -0.15) is 0 Å². The molecular weight excluding hydrogens is 374 g/mol. The Morgan fingerprint density at radius 1 is 0.900 bits per heavy atom. The predicted octanol–water partition coefficient (Wildman–Crippen LogP) is 3.58. The molecule has 5 nitrogen and oxygen atoms in total. The molecule has 158 valence electrons. The molecule has 0 aromatic heterocycles. The molecule has 0 bridgehead atoms. The van der Waals surface area contributed by atoms with Gasteiger partial charge in [-0.15, -0.1) is 0 Å². The van der Waals surface area contributed by atoms with E-state index in [-0.39, 0.29) is 18.4 Å². The van der Waals surface area contributed by atoms with Gasteiger partial charge >= 0.3 is 0 Å². The van der Waals surface area contributed by atoms with Crippen LogP contribution in [0.25, 0.3) is 0 Å². The van der Waals surface area contributed by atoms with Gasteiger partial charge in [0.1, 0.15) is 6.54 Å². The second kappa shape index (κ2) is 7.46. The van der Waals surface area contributed by atoms with Crippen molar-refractivity contribution in [3.8, 4) is 0 Å². The highest BCUT2D eigenvalue weighted by Crippen LogP contribution is 2.41. The highest BCUT2D eigenvalue weighted by molar-refractivity contribution is 6.10. The van der Waals surface area contributed by atoms with Crippen LogP contribution in [0.2, 0.25) is 0 Å². The van der Waals surface area contributed by atoms with Gasteiger partial charge in [-0.05, 0) is 63.4 Å². The minimum Gasteiger partial charge on any atom is -0.368 e. The predicted molar refractivity (Wildman–Crippen MR) is 121 cm³/mol. The van der Waals surface area contributed by atoms with E-state index in [1.807, 2.05) is 37.8 Å². The normalized spacial score (nSPS) is 18.0. The van der Waals surface area contributed by atoms with Crippen LogP contribution in [0.3, 0.4) is 0 Å². The molecule has 1 saturated heterocycles. The molecule has 2 aliphatic heterocycles. The Morgan fingerprint density at radius 3 is 2.23 bits per heavy atom. The van der Waals surface area contributed by atoms with E-state index in [0.717, 1.165) is 29.9 Å². The molecule has 2 aromatic rings. The second-order valence-electron chi connectivity index (χ2n) is 9.19. The van der Waals surface area contributed by atoms with Crippen LogP contribution in [-0.4, -0.2) is 49.4 Å². The van der Waals surface area contributed by atoms with E-state index in [0.29, 0.717) is 13.1 Å². The molecule has 2 aliphatic rings. The van der Waals surface area contributed by atoms with Crippen LogP contribution in [0.1, 0.15) is 36.1 Å². The lowest BCUT2D eigenvalue weighted by molar-refractivity contribution is -0.132. The van der Waals surface area contributed by atoms with E-state index in [2.05, 4.69) is 43.0 Å². The van der Waals surface area contributed by atoms with Crippen molar-refractivity contribution in [2.75, 3.05) is 42.5 Å². The van der Waals surface area contributed by atoms with Gasteiger partial charge in [0, 0.05) is 37.6 Å². The molecule has 0 saturated carbocycles. The number of aryl methyl sites for hydroxylation is 3. The van der Waals surface area contributed by atoms with Crippen molar-refractivity contribution in [1.29, 1.82) is 0 Å². The van der Waals surface area contributed by atoms with Crippen molar-refractivity contribution in [2.24, 2.45) is 0 Å². The smallest absolute Gasteiger partial charge is 0.242 e. The summed E-state index contributed by atoms with van der Waals surface area (Å²) in [5, 5.41) is 0. The third kappa shape index (κ3) is 3.47. The van der Waals surface area contributed by atoms with Crippen LogP contribution in [0.15, 0.2) is 36.4 Å². The van der Waals surface area contributed by atoms with Crippen molar-refractivity contribution in [1.82, 2.24) is 4.90 Å². The Hall–Kier alpha value is -2.82. The first-order valence-electron chi connectivity index (χ1n) is 10.7. The Balaban J connectivity index is 1.45. The SMILES string of the molecule is Cc1ccc(C)c(N2CCN(C(=O)CN3C(=O)C(C)(C)c4cc(C)ccc43)CC2)c1. The lowest BCUT2D eigenvalue weighted by Gasteiger charge is -2.37. The van der Waals surface area contributed by atoms with Crippen molar-refractivity contribution < 1.29 is 9.59 Å². The monoisotopic (exact) mass is 405 g/mol. The van der Waals surface area contributed by atoms with Crippen molar-refractivity contribution in [2.45, 2.75) is 40.0 Å². The molecule has 2 aromatic carbocycles. The first kappa shape index (κ1) is 20.5. The third-order valence-electron chi connectivity index (χ3n) is 6.53. The highest BCUT2D eigenvalue weighted by atomic mass is 16.2. The number of nitrogens with zero attached hydrogens (tertiary/aromatic N) is 3. The number of hydrogen-bond donors (Lipinski definition) is 0. The summed E-state index contributed by atoms with van der Waals surface area (Å²) >= 11 is 0. The number of benzene rings is 2. The quantitative estimate of drug-likeness (QED) is 0.784. The number of amides is 2. The number of fused-ring (bicyclic) bond motifs is 1. The van der Waals surface area contributed by atoms with Gasteiger partial charge in [-0.3, -0.25) is 9.59 Å². The van der Waals surface area contributed by atoms with Crippen LogP contribution in [0.4, 0.5) is 11.4 Å². The van der Waals surface area contributed by atoms with Crippen molar-refractivity contribution in [3.63, 3.8) is 0 Å². The van der Waals surface area contributed by atoms with E-state index in [1.54, 1.807) is 4.90 Å². The van der Waals surface area contributed by atoms with Gasteiger partial charge in [-0.25, -0.2) is 0 Å². The van der Waals surface area contributed by atoms with Gasteiger partial charge < -0.3 is 14.7 Å². The van der Waals surface area contributed by atoms with E-state index in [4.69, 9.17) is 0 Å². The molecule has 30 heavy (non-hydrogen) atoms. The van der Waals surface area contributed by atoms with Gasteiger partial charge in [0.2, 0.25) is 11.8 Å². The average molecular weight is 406 g/mol. The van der Waals surface area contributed by atoms with Crippen LogP contribution in [0.5, 0.6) is 0 Å². The zero-order valence-corrected chi connectivity index (χ0v) is 18.7. The van der Waals surface area contributed by atoms with E-state index < -0.39 is 5.41 Å². The summed E-state index contributed by atoms with van der Waals surface area (Å²) in [6, 6.07) is 12.6. The zero-order chi connectivity index (χ0) is 21.6. The lowest BCUT2D eigenvalue weighted by atomic mass is 9.85. The summed E-state index contributed by atoms with van der Waals surface area (Å²) in [5.41, 5.74) is 6.19. The number of hydrogen-bond acceptors (Lipinski definition) is 3. The molecule has 0 spiro atoms. The maximum Gasteiger partial charge on any atom is 0.242 e. The summed E-state index contributed by atoms with van der Waals surface area (Å²) in [7, 11) is 0.